The first-order valence-corrected chi connectivity index (χ1v) is 10.4. The Hall–Kier alpha value is -3.47. The standard InChI is InChI=1S/C25H24N2O3/c1-3-5-14-19-16-18-13-9-10-15-20(18)23-21(25(29)30-4-2)22(26-27(19)23)24(28)17-11-7-6-8-12-17/h6-13,15-16H,3-5,14H2,1-2H3. The van der Waals surface area contributed by atoms with E-state index in [1.807, 2.05) is 30.3 Å². The van der Waals surface area contributed by atoms with Crippen LogP contribution in [0.5, 0.6) is 0 Å². The number of ketones is 1. The minimum absolute atomic E-state index is 0.133. The van der Waals surface area contributed by atoms with Crippen molar-refractivity contribution < 1.29 is 14.3 Å². The van der Waals surface area contributed by atoms with Crippen LogP contribution in [0.25, 0.3) is 16.3 Å². The summed E-state index contributed by atoms with van der Waals surface area (Å²) >= 11 is 0. The van der Waals surface area contributed by atoms with Gasteiger partial charge in [-0.25, -0.2) is 9.31 Å². The van der Waals surface area contributed by atoms with Crippen LogP contribution in [0.4, 0.5) is 0 Å². The topological polar surface area (TPSA) is 60.7 Å². The molecule has 2 heterocycles. The third kappa shape index (κ3) is 3.47. The number of carbonyl (C=O) groups excluding carboxylic acids is 2. The highest BCUT2D eigenvalue weighted by atomic mass is 16.5. The number of fused-ring (bicyclic) bond motifs is 3. The van der Waals surface area contributed by atoms with E-state index in [0.29, 0.717) is 11.1 Å². The second-order valence-corrected chi connectivity index (χ2v) is 7.23. The van der Waals surface area contributed by atoms with Gasteiger partial charge in [0.25, 0.3) is 0 Å². The molecule has 0 saturated carbocycles. The molecule has 0 atom stereocenters. The summed E-state index contributed by atoms with van der Waals surface area (Å²) < 4.78 is 7.11. The van der Waals surface area contributed by atoms with Crippen LogP contribution in [0, 0.1) is 0 Å². The summed E-state index contributed by atoms with van der Waals surface area (Å²) in [6.45, 7) is 4.12. The van der Waals surface area contributed by atoms with E-state index >= 15 is 0 Å². The lowest BCUT2D eigenvalue weighted by Gasteiger charge is -2.09. The van der Waals surface area contributed by atoms with Crippen LogP contribution >= 0.6 is 0 Å². The summed E-state index contributed by atoms with van der Waals surface area (Å²) in [5, 5.41) is 6.55. The molecule has 0 saturated heterocycles. The number of unbranched alkanes of at least 4 members (excludes halogenated alkanes) is 1. The fourth-order valence-electron chi connectivity index (χ4n) is 3.77. The Morgan fingerprint density at radius 1 is 1.00 bits per heavy atom. The molecule has 2 aromatic heterocycles. The van der Waals surface area contributed by atoms with Gasteiger partial charge < -0.3 is 4.74 Å². The third-order valence-corrected chi connectivity index (χ3v) is 5.21. The van der Waals surface area contributed by atoms with Gasteiger partial charge in [0.2, 0.25) is 5.78 Å². The smallest absolute Gasteiger partial charge is 0.342 e. The molecule has 0 aliphatic rings. The highest BCUT2D eigenvalue weighted by Gasteiger charge is 2.28. The molecule has 0 amide bonds. The van der Waals surface area contributed by atoms with E-state index < -0.39 is 5.97 Å². The summed E-state index contributed by atoms with van der Waals surface area (Å²) in [5.41, 5.74) is 2.47. The van der Waals surface area contributed by atoms with Gasteiger partial charge in [0.1, 0.15) is 11.3 Å². The average molecular weight is 400 g/mol. The third-order valence-electron chi connectivity index (χ3n) is 5.21. The first-order valence-electron chi connectivity index (χ1n) is 10.4. The van der Waals surface area contributed by atoms with Crippen molar-refractivity contribution in [3.8, 4) is 0 Å². The first-order chi connectivity index (χ1) is 14.7. The fraction of sp³-hybridized carbons (Fsp3) is 0.240. The normalized spacial score (nSPS) is 11.1. The number of ether oxygens (including phenoxy) is 1. The second-order valence-electron chi connectivity index (χ2n) is 7.23. The zero-order chi connectivity index (χ0) is 21.1. The van der Waals surface area contributed by atoms with Gasteiger partial charge in [-0.2, -0.15) is 5.10 Å². The number of rotatable bonds is 7. The Morgan fingerprint density at radius 3 is 2.47 bits per heavy atom. The minimum Gasteiger partial charge on any atom is -0.462 e. The summed E-state index contributed by atoms with van der Waals surface area (Å²) in [4.78, 5) is 26.3. The fourth-order valence-corrected chi connectivity index (χ4v) is 3.77. The van der Waals surface area contributed by atoms with Crippen LogP contribution < -0.4 is 0 Å². The number of esters is 1. The van der Waals surface area contributed by atoms with E-state index in [9.17, 15) is 9.59 Å². The lowest BCUT2D eigenvalue weighted by molar-refractivity contribution is 0.0526. The SMILES string of the molecule is CCCCc1cc2ccccc2c2c(C(=O)OCC)c(C(=O)c3ccccc3)nn12. The Morgan fingerprint density at radius 2 is 1.73 bits per heavy atom. The number of benzene rings is 2. The summed E-state index contributed by atoms with van der Waals surface area (Å²) in [5.74, 6) is -0.808. The molecule has 0 spiro atoms. The predicted octanol–water partition coefficient (Wildman–Crippen LogP) is 5.24. The van der Waals surface area contributed by atoms with E-state index in [1.165, 1.54) is 0 Å². The molecule has 2 aromatic carbocycles. The molecule has 0 bridgehead atoms. The summed E-state index contributed by atoms with van der Waals surface area (Å²) in [7, 11) is 0. The van der Waals surface area contributed by atoms with Crippen molar-refractivity contribution in [1.82, 2.24) is 9.61 Å². The number of aromatic nitrogens is 2. The van der Waals surface area contributed by atoms with E-state index in [0.717, 1.165) is 35.7 Å². The molecule has 0 aliphatic carbocycles. The highest BCUT2D eigenvalue weighted by molar-refractivity contribution is 6.18. The second kappa shape index (κ2) is 8.49. The molecule has 5 heteroatoms. The maximum atomic E-state index is 13.3. The molecule has 30 heavy (non-hydrogen) atoms. The largest absolute Gasteiger partial charge is 0.462 e. The van der Waals surface area contributed by atoms with Crippen LogP contribution in [0.3, 0.4) is 0 Å². The summed E-state index contributed by atoms with van der Waals surface area (Å²) in [6, 6.07) is 18.9. The van der Waals surface area contributed by atoms with E-state index in [2.05, 4.69) is 18.1 Å². The van der Waals surface area contributed by atoms with Crippen molar-refractivity contribution in [3.63, 3.8) is 0 Å². The zero-order valence-electron chi connectivity index (χ0n) is 17.2. The van der Waals surface area contributed by atoms with Crippen molar-refractivity contribution >= 4 is 28.0 Å². The van der Waals surface area contributed by atoms with Crippen LogP contribution in [0.2, 0.25) is 0 Å². The molecule has 0 radical (unpaired) electrons. The van der Waals surface area contributed by atoms with Crippen LogP contribution in [0.15, 0.2) is 60.7 Å². The number of pyridine rings is 1. The van der Waals surface area contributed by atoms with Gasteiger partial charge in [0, 0.05) is 16.6 Å². The molecular formula is C25H24N2O3. The predicted molar refractivity (Wildman–Crippen MR) is 117 cm³/mol. The van der Waals surface area contributed by atoms with Gasteiger partial charge in [-0.05, 0) is 31.2 Å². The Labute approximate surface area is 175 Å². The van der Waals surface area contributed by atoms with Crippen LogP contribution in [0.1, 0.15) is 58.8 Å². The quantitative estimate of drug-likeness (QED) is 0.314. The maximum absolute atomic E-state index is 13.3. The van der Waals surface area contributed by atoms with Crippen LogP contribution in [-0.2, 0) is 11.2 Å². The molecule has 0 N–H and O–H groups in total. The van der Waals surface area contributed by atoms with Gasteiger partial charge in [0.05, 0.1) is 12.1 Å². The Balaban J connectivity index is 2.06. The number of nitrogens with zero attached hydrogens (tertiary/aromatic N) is 2. The van der Waals surface area contributed by atoms with Gasteiger partial charge in [-0.3, -0.25) is 4.79 Å². The minimum atomic E-state index is -0.524. The molecule has 0 unspecified atom stereocenters. The van der Waals surface area contributed by atoms with Crippen LogP contribution in [-0.4, -0.2) is 28.0 Å². The molecule has 5 nitrogen and oxygen atoms in total. The number of carbonyl (C=O) groups is 2. The number of hydrogen-bond donors (Lipinski definition) is 0. The van der Waals surface area contributed by atoms with E-state index in [1.54, 1.807) is 35.7 Å². The molecule has 4 rings (SSSR count). The lowest BCUT2D eigenvalue weighted by Crippen LogP contribution is -2.12. The van der Waals surface area contributed by atoms with Crippen molar-refractivity contribution in [2.75, 3.05) is 6.61 Å². The zero-order valence-corrected chi connectivity index (χ0v) is 17.2. The average Bonchev–Trinajstić information content (AvgIpc) is 3.19. The van der Waals surface area contributed by atoms with E-state index in [4.69, 9.17) is 4.74 Å². The molecule has 4 aromatic rings. The van der Waals surface area contributed by atoms with Crippen molar-refractivity contribution in [2.45, 2.75) is 33.1 Å². The Bertz CT molecular complexity index is 1230. The first kappa shape index (κ1) is 19.8. The van der Waals surface area contributed by atoms with Gasteiger partial charge in [-0.15, -0.1) is 0 Å². The van der Waals surface area contributed by atoms with Crippen molar-refractivity contribution in [3.05, 3.63) is 83.2 Å². The summed E-state index contributed by atoms with van der Waals surface area (Å²) in [6.07, 6.45) is 2.83. The number of hydrogen-bond acceptors (Lipinski definition) is 4. The number of aryl methyl sites for hydroxylation is 1. The maximum Gasteiger partial charge on any atom is 0.342 e. The van der Waals surface area contributed by atoms with Crippen molar-refractivity contribution in [1.29, 1.82) is 0 Å². The molecule has 0 aliphatic heterocycles. The monoisotopic (exact) mass is 400 g/mol. The van der Waals surface area contributed by atoms with E-state index in [-0.39, 0.29) is 23.6 Å². The van der Waals surface area contributed by atoms with Crippen molar-refractivity contribution in [2.24, 2.45) is 0 Å². The lowest BCUT2D eigenvalue weighted by atomic mass is 10.0. The molecule has 152 valence electrons. The van der Waals surface area contributed by atoms with Gasteiger partial charge in [-0.1, -0.05) is 67.9 Å². The molecular weight excluding hydrogens is 376 g/mol. The Kier molecular flexibility index (Phi) is 5.61. The van der Waals surface area contributed by atoms with Gasteiger partial charge in [0.15, 0.2) is 0 Å². The highest BCUT2D eigenvalue weighted by Crippen LogP contribution is 2.29. The van der Waals surface area contributed by atoms with Gasteiger partial charge >= 0.3 is 5.97 Å². The molecule has 0 fully saturated rings.